The van der Waals surface area contributed by atoms with E-state index in [1.54, 1.807) is 12.1 Å². The number of imide groups is 1. The molecule has 0 radical (unpaired) electrons. The minimum atomic E-state index is -1.18. The first-order valence-electron chi connectivity index (χ1n) is 9.00. The van der Waals surface area contributed by atoms with Crippen LogP contribution in [0.2, 0.25) is 0 Å². The number of carboxylic acids is 1. The van der Waals surface area contributed by atoms with Crippen LogP contribution in [0.25, 0.3) is 11.1 Å². The van der Waals surface area contributed by atoms with Crippen LogP contribution in [-0.2, 0) is 19.2 Å². The number of carbonyl (C=O) groups is 4. The fraction of sp³-hybridized carbons (Fsp3) is 0.238. The second kappa shape index (κ2) is 8.91. The zero-order chi connectivity index (χ0) is 21.0. The second-order valence-electron chi connectivity index (χ2n) is 6.60. The largest absolute Gasteiger partial charge is 0.480 e. The lowest BCUT2D eigenvalue weighted by molar-refractivity contribution is -0.140. The smallest absolute Gasteiger partial charge is 0.327 e. The Morgan fingerprint density at radius 1 is 1.10 bits per heavy atom. The molecule has 8 heteroatoms. The standard InChI is InChI=1S/C21H20N2O5S/c1-13(24)22-17(21(27)28)12-29-18-11-19(25)23(20(18)26)16-9-7-15(8-10-16)14-5-3-2-4-6-14/h2-10,17-18H,11-12H2,1H3,(H,22,24)(H,27,28). The van der Waals surface area contributed by atoms with E-state index >= 15 is 0 Å². The van der Waals surface area contributed by atoms with Crippen molar-refractivity contribution in [2.75, 3.05) is 10.7 Å². The molecule has 3 amide bonds. The molecular formula is C21H20N2O5S. The number of rotatable bonds is 7. The highest BCUT2D eigenvalue weighted by molar-refractivity contribution is 8.00. The van der Waals surface area contributed by atoms with Crippen LogP contribution < -0.4 is 10.2 Å². The molecule has 2 aromatic carbocycles. The van der Waals surface area contributed by atoms with Gasteiger partial charge in [0, 0.05) is 19.1 Å². The van der Waals surface area contributed by atoms with Crippen LogP contribution in [0.5, 0.6) is 0 Å². The fourth-order valence-electron chi connectivity index (χ4n) is 3.07. The lowest BCUT2D eigenvalue weighted by Crippen LogP contribution is -2.42. The van der Waals surface area contributed by atoms with Gasteiger partial charge < -0.3 is 10.4 Å². The molecule has 2 N–H and O–H groups in total. The molecule has 150 valence electrons. The maximum atomic E-state index is 12.7. The van der Waals surface area contributed by atoms with Gasteiger partial charge in [-0.05, 0) is 23.3 Å². The Balaban J connectivity index is 1.69. The summed E-state index contributed by atoms with van der Waals surface area (Å²) < 4.78 is 0. The molecule has 0 aromatic heterocycles. The average molecular weight is 412 g/mol. The van der Waals surface area contributed by atoms with Crippen molar-refractivity contribution in [3.63, 3.8) is 0 Å². The van der Waals surface area contributed by atoms with Gasteiger partial charge in [-0.15, -0.1) is 11.8 Å². The van der Waals surface area contributed by atoms with Crippen LogP contribution in [0.15, 0.2) is 54.6 Å². The molecule has 1 aliphatic heterocycles. The maximum Gasteiger partial charge on any atom is 0.327 e. The highest BCUT2D eigenvalue weighted by Crippen LogP contribution is 2.31. The summed E-state index contributed by atoms with van der Waals surface area (Å²) in [7, 11) is 0. The molecule has 2 atom stereocenters. The molecule has 0 spiro atoms. The van der Waals surface area contributed by atoms with Crippen LogP contribution in [0, 0.1) is 0 Å². The summed E-state index contributed by atoms with van der Waals surface area (Å²) in [6.45, 7) is 1.23. The number of amides is 3. The number of carbonyl (C=O) groups excluding carboxylic acids is 3. The molecule has 1 saturated heterocycles. The number of thioether (sulfide) groups is 1. The Kier molecular flexibility index (Phi) is 6.33. The zero-order valence-corrected chi connectivity index (χ0v) is 16.5. The van der Waals surface area contributed by atoms with E-state index in [9.17, 15) is 24.3 Å². The van der Waals surface area contributed by atoms with E-state index in [1.807, 2.05) is 42.5 Å². The number of carboxylic acid groups (broad SMARTS) is 1. The molecule has 1 heterocycles. The number of nitrogens with zero attached hydrogens (tertiary/aromatic N) is 1. The highest BCUT2D eigenvalue weighted by atomic mass is 32.2. The monoisotopic (exact) mass is 412 g/mol. The van der Waals surface area contributed by atoms with Gasteiger partial charge >= 0.3 is 5.97 Å². The number of aliphatic carboxylic acids is 1. The van der Waals surface area contributed by atoms with Gasteiger partial charge in [-0.2, -0.15) is 0 Å². The summed E-state index contributed by atoms with van der Waals surface area (Å²) in [5, 5.41) is 10.8. The topological polar surface area (TPSA) is 104 Å². The summed E-state index contributed by atoms with van der Waals surface area (Å²) in [4.78, 5) is 48.6. The van der Waals surface area contributed by atoms with Crippen LogP contribution in [0.4, 0.5) is 5.69 Å². The van der Waals surface area contributed by atoms with Gasteiger partial charge in [0.1, 0.15) is 6.04 Å². The lowest BCUT2D eigenvalue weighted by Gasteiger charge is -2.17. The van der Waals surface area contributed by atoms with Crippen molar-refractivity contribution in [3.8, 4) is 11.1 Å². The Labute approximate surface area is 172 Å². The van der Waals surface area contributed by atoms with Gasteiger partial charge in [-0.25, -0.2) is 9.69 Å². The molecule has 7 nitrogen and oxygen atoms in total. The predicted molar refractivity (Wildman–Crippen MR) is 110 cm³/mol. The third-order valence-corrected chi connectivity index (χ3v) is 5.77. The minimum absolute atomic E-state index is 0.000610. The molecular weight excluding hydrogens is 392 g/mol. The van der Waals surface area contributed by atoms with Gasteiger partial charge in [0.2, 0.25) is 17.7 Å². The Bertz CT molecular complexity index is 930. The van der Waals surface area contributed by atoms with Crippen molar-refractivity contribution in [2.24, 2.45) is 0 Å². The highest BCUT2D eigenvalue weighted by Gasteiger charge is 2.40. The Hall–Kier alpha value is -3.13. The van der Waals surface area contributed by atoms with Crippen molar-refractivity contribution >= 4 is 41.1 Å². The molecule has 2 unspecified atom stereocenters. The molecule has 2 aromatic rings. The third kappa shape index (κ3) is 4.83. The number of hydrogen-bond acceptors (Lipinski definition) is 5. The maximum absolute atomic E-state index is 12.7. The molecule has 0 aliphatic carbocycles. The first-order chi connectivity index (χ1) is 13.9. The van der Waals surface area contributed by atoms with Gasteiger partial charge in [0.05, 0.1) is 10.9 Å². The van der Waals surface area contributed by atoms with Crippen molar-refractivity contribution in [1.29, 1.82) is 0 Å². The van der Waals surface area contributed by atoms with E-state index in [2.05, 4.69) is 5.32 Å². The number of anilines is 1. The van der Waals surface area contributed by atoms with Crippen molar-refractivity contribution < 1.29 is 24.3 Å². The van der Waals surface area contributed by atoms with E-state index in [-0.39, 0.29) is 24.0 Å². The van der Waals surface area contributed by atoms with Crippen LogP contribution in [0.3, 0.4) is 0 Å². The summed E-state index contributed by atoms with van der Waals surface area (Å²) in [5.41, 5.74) is 2.49. The van der Waals surface area contributed by atoms with E-state index in [0.717, 1.165) is 27.8 Å². The number of nitrogens with one attached hydrogen (secondary N) is 1. The molecule has 1 fully saturated rings. The van der Waals surface area contributed by atoms with Gasteiger partial charge in [0.25, 0.3) is 0 Å². The minimum Gasteiger partial charge on any atom is -0.480 e. The fourth-order valence-corrected chi connectivity index (χ4v) is 4.23. The molecule has 1 aliphatic rings. The van der Waals surface area contributed by atoms with E-state index in [1.165, 1.54) is 6.92 Å². The quantitative estimate of drug-likeness (QED) is 0.677. The van der Waals surface area contributed by atoms with Crippen molar-refractivity contribution in [1.82, 2.24) is 5.32 Å². The van der Waals surface area contributed by atoms with Gasteiger partial charge in [-0.3, -0.25) is 14.4 Å². The Morgan fingerprint density at radius 2 is 1.72 bits per heavy atom. The van der Waals surface area contributed by atoms with Gasteiger partial charge in [-0.1, -0.05) is 42.5 Å². The molecule has 3 rings (SSSR count). The summed E-state index contributed by atoms with van der Waals surface area (Å²) in [6.07, 6.45) is -0.00362. The molecule has 0 saturated carbocycles. The first-order valence-corrected chi connectivity index (χ1v) is 10.1. The predicted octanol–water partition coefficient (Wildman–Crippen LogP) is 2.31. The summed E-state index contributed by atoms with van der Waals surface area (Å²) in [6, 6.07) is 15.8. The van der Waals surface area contributed by atoms with E-state index in [4.69, 9.17) is 0 Å². The number of hydrogen-bond donors (Lipinski definition) is 2. The SMILES string of the molecule is CC(=O)NC(CSC1CC(=O)N(c2ccc(-c3ccccc3)cc2)C1=O)C(=O)O. The first kappa shape index (κ1) is 20.6. The lowest BCUT2D eigenvalue weighted by atomic mass is 10.1. The average Bonchev–Trinajstić information content (AvgIpc) is 2.99. The number of benzene rings is 2. The second-order valence-corrected chi connectivity index (χ2v) is 7.83. The zero-order valence-electron chi connectivity index (χ0n) is 15.7. The summed E-state index contributed by atoms with van der Waals surface area (Å²) >= 11 is 1.07. The third-order valence-electron chi connectivity index (χ3n) is 4.48. The molecule has 29 heavy (non-hydrogen) atoms. The van der Waals surface area contributed by atoms with Crippen molar-refractivity contribution in [2.45, 2.75) is 24.6 Å². The van der Waals surface area contributed by atoms with Crippen LogP contribution in [-0.4, -0.2) is 45.8 Å². The van der Waals surface area contributed by atoms with Crippen LogP contribution in [0.1, 0.15) is 13.3 Å². The van der Waals surface area contributed by atoms with Gasteiger partial charge in [0.15, 0.2) is 0 Å². The van der Waals surface area contributed by atoms with Crippen molar-refractivity contribution in [3.05, 3.63) is 54.6 Å². The van der Waals surface area contributed by atoms with E-state index in [0.29, 0.717) is 5.69 Å². The Morgan fingerprint density at radius 3 is 2.31 bits per heavy atom. The van der Waals surface area contributed by atoms with E-state index < -0.39 is 23.2 Å². The van der Waals surface area contributed by atoms with Crippen LogP contribution >= 0.6 is 11.8 Å². The molecule has 0 bridgehead atoms. The normalized spacial score (nSPS) is 17.3. The summed E-state index contributed by atoms with van der Waals surface area (Å²) in [5.74, 6) is -2.35.